The van der Waals surface area contributed by atoms with Crippen LogP contribution in [0.25, 0.3) is 0 Å². The van der Waals surface area contributed by atoms with Gasteiger partial charge in [0.25, 0.3) is 0 Å². The Morgan fingerprint density at radius 3 is 2.35 bits per heavy atom. The number of para-hydroxylation sites is 1. The predicted octanol–water partition coefficient (Wildman–Crippen LogP) is 4.21. The fourth-order valence-corrected chi connectivity index (χ4v) is 4.35. The molecule has 1 heterocycles. The third-order valence-electron chi connectivity index (χ3n) is 6.05. The third-order valence-corrected chi connectivity index (χ3v) is 6.05. The topological polar surface area (TPSA) is 29.5 Å². The van der Waals surface area contributed by atoms with Gasteiger partial charge in [-0.3, -0.25) is 4.79 Å². The number of nitrogens with zero attached hydrogens (tertiary/aromatic N) is 1. The van der Waals surface area contributed by atoms with Gasteiger partial charge in [-0.1, -0.05) is 48.5 Å². The molecule has 4 rings (SSSR count). The molecule has 1 aliphatic heterocycles. The fraction of sp³-hybridized carbons (Fsp3) is 0.435. The van der Waals surface area contributed by atoms with Gasteiger partial charge in [0.1, 0.15) is 5.75 Å². The summed E-state index contributed by atoms with van der Waals surface area (Å²) in [5, 5.41) is 0. The summed E-state index contributed by atoms with van der Waals surface area (Å²) in [6.07, 6.45) is 5.21. The van der Waals surface area contributed by atoms with Crippen LogP contribution in [0.4, 0.5) is 0 Å². The minimum Gasteiger partial charge on any atom is -0.496 e. The van der Waals surface area contributed by atoms with Gasteiger partial charge in [-0.15, -0.1) is 0 Å². The first-order chi connectivity index (χ1) is 12.7. The lowest BCUT2D eigenvalue weighted by molar-refractivity contribution is -0.135. The highest BCUT2D eigenvalue weighted by Gasteiger charge is 2.54. The van der Waals surface area contributed by atoms with Crippen molar-refractivity contribution in [1.29, 1.82) is 0 Å². The smallest absolute Gasteiger partial charge is 0.233 e. The summed E-state index contributed by atoms with van der Waals surface area (Å²) in [7, 11) is 1.69. The first-order valence-electron chi connectivity index (χ1n) is 9.70. The number of methoxy groups -OCH3 is 1. The summed E-state index contributed by atoms with van der Waals surface area (Å²) >= 11 is 0. The standard InChI is InChI=1S/C23H27NO2/c1-26-21-10-6-5-9-20(21)23(13-14-23)22(25)24-15-11-19(12-16-24)17-18-7-3-2-4-8-18/h2-10,19H,11-17H2,1H3. The van der Waals surface area contributed by atoms with Gasteiger partial charge < -0.3 is 9.64 Å². The normalized spacial score (nSPS) is 19.2. The van der Waals surface area contributed by atoms with Crippen LogP contribution in [-0.4, -0.2) is 31.0 Å². The number of rotatable bonds is 5. The molecule has 2 aromatic carbocycles. The van der Waals surface area contributed by atoms with Crippen molar-refractivity contribution in [2.75, 3.05) is 20.2 Å². The number of amides is 1. The summed E-state index contributed by atoms with van der Waals surface area (Å²) in [5.74, 6) is 1.83. The average molecular weight is 349 g/mol. The Balaban J connectivity index is 1.41. The third kappa shape index (κ3) is 3.23. The van der Waals surface area contributed by atoms with Crippen molar-refractivity contribution in [2.45, 2.75) is 37.5 Å². The summed E-state index contributed by atoms with van der Waals surface area (Å²) in [4.78, 5) is 15.4. The molecule has 0 radical (unpaired) electrons. The van der Waals surface area contributed by atoms with E-state index in [1.54, 1.807) is 7.11 Å². The molecule has 0 spiro atoms. The van der Waals surface area contributed by atoms with E-state index in [1.165, 1.54) is 5.56 Å². The van der Waals surface area contributed by atoms with Crippen LogP contribution in [0.5, 0.6) is 5.75 Å². The fourth-order valence-electron chi connectivity index (χ4n) is 4.35. The molecule has 136 valence electrons. The maximum absolute atomic E-state index is 13.3. The van der Waals surface area contributed by atoms with Crippen LogP contribution < -0.4 is 4.74 Å². The second-order valence-electron chi connectivity index (χ2n) is 7.71. The maximum atomic E-state index is 13.3. The number of hydrogen-bond acceptors (Lipinski definition) is 2. The molecule has 2 aromatic rings. The molecule has 1 saturated heterocycles. The van der Waals surface area contributed by atoms with E-state index >= 15 is 0 Å². The van der Waals surface area contributed by atoms with E-state index in [0.29, 0.717) is 11.8 Å². The van der Waals surface area contributed by atoms with E-state index in [4.69, 9.17) is 4.74 Å². The minimum atomic E-state index is -0.334. The Bertz CT molecular complexity index is 759. The van der Waals surface area contributed by atoms with Gasteiger partial charge in [0.05, 0.1) is 12.5 Å². The first-order valence-corrected chi connectivity index (χ1v) is 9.70. The van der Waals surface area contributed by atoms with Crippen molar-refractivity contribution in [3.05, 3.63) is 65.7 Å². The molecule has 2 aliphatic rings. The number of hydrogen-bond donors (Lipinski definition) is 0. The largest absolute Gasteiger partial charge is 0.496 e. The lowest BCUT2D eigenvalue weighted by Gasteiger charge is -2.35. The van der Waals surface area contributed by atoms with E-state index in [-0.39, 0.29) is 5.41 Å². The molecule has 3 nitrogen and oxygen atoms in total. The lowest BCUT2D eigenvalue weighted by atomic mass is 9.88. The van der Waals surface area contributed by atoms with Crippen molar-refractivity contribution in [2.24, 2.45) is 5.92 Å². The van der Waals surface area contributed by atoms with Gasteiger partial charge in [0.15, 0.2) is 0 Å². The van der Waals surface area contributed by atoms with Crippen LogP contribution in [0.15, 0.2) is 54.6 Å². The molecule has 0 N–H and O–H groups in total. The van der Waals surface area contributed by atoms with E-state index in [9.17, 15) is 4.79 Å². The molecule has 0 aromatic heterocycles. The van der Waals surface area contributed by atoms with Crippen LogP contribution in [0.2, 0.25) is 0 Å². The zero-order valence-electron chi connectivity index (χ0n) is 15.5. The highest BCUT2D eigenvalue weighted by Crippen LogP contribution is 2.52. The number of likely N-dealkylation sites (tertiary alicyclic amines) is 1. The Labute approximate surface area is 156 Å². The van der Waals surface area contributed by atoms with Crippen LogP contribution >= 0.6 is 0 Å². The minimum absolute atomic E-state index is 0.306. The Morgan fingerprint density at radius 2 is 1.69 bits per heavy atom. The molecule has 1 saturated carbocycles. The average Bonchev–Trinajstić information content (AvgIpc) is 3.51. The number of piperidine rings is 1. The second-order valence-corrected chi connectivity index (χ2v) is 7.71. The van der Waals surface area contributed by atoms with Crippen molar-refractivity contribution in [3.8, 4) is 5.75 Å². The van der Waals surface area contributed by atoms with E-state index in [0.717, 1.165) is 56.5 Å². The van der Waals surface area contributed by atoms with Crippen molar-refractivity contribution >= 4 is 5.91 Å². The summed E-state index contributed by atoms with van der Waals surface area (Å²) < 4.78 is 5.52. The van der Waals surface area contributed by atoms with Gasteiger partial charge >= 0.3 is 0 Å². The van der Waals surface area contributed by atoms with Gasteiger partial charge in [-0.2, -0.15) is 0 Å². The van der Waals surface area contributed by atoms with Crippen LogP contribution in [0.3, 0.4) is 0 Å². The quantitative estimate of drug-likeness (QED) is 0.809. The number of carbonyl (C=O) groups excluding carboxylic acids is 1. The highest BCUT2D eigenvalue weighted by molar-refractivity contribution is 5.92. The van der Waals surface area contributed by atoms with Crippen molar-refractivity contribution in [1.82, 2.24) is 4.90 Å². The van der Waals surface area contributed by atoms with E-state index in [1.807, 2.05) is 18.2 Å². The van der Waals surface area contributed by atoms with E-state index in [2.05, 4.69) is 41.3 Å². The molecule has 0 bridgehead atoms. The molecule has 26 heavy (non-hydrogen) atoms. The van der Waals surface area contributed by atoms with Crippen LogP contribution in [0.1, 0.15) is 36.8 Å². The number of carbonyl (C=O) groups is 1. The monoisotopic (exact) mass is 349 g/mol. The molecule has 0 atom stereocenters. The Kier molecular flexibility index (Phi) is 4.71. The molecule has 1 amide bonds. The molecule has 0 unspecified atom stereocenters. The van der Waals surface area contributed by atoms with Gasteiger partial charge in [0.2, 0.25) is 5.91 Å². The zero-order chi connectivity index (χ0) is 18.0. The molecular formula is C23H27NO2. The van der Waals surface area contributed by atoms with Crippen LogP contribution in [0, 0.1) is 5.92 Å². The summed E-state index contributed by atoms with van der Waals surface area (Å²) in [5.41, 5.74) is 2.14. The predicted molar refractivity (Wildman–Crippen MR) is 103 cm³/mol. The van der Waals surface area contributed by atoms with Gasteiger partial charge in [0, 0.05) is 18.7 Å². The Hall–Kier alpha value is -2.29. The van der Waals surface area contributed by atoms with Gasteiger partial charge in [-0.05, 0) is 49.7 Å². The SMILES string of the molecule is COc1ccccc1C1(C(=O)N2CCC(Cc3ccccc3)CC2)CC1. The highest BCUT2D eigenvalue weighted by atomic mass is 16.5. The zero-order valence-corrected chi connectivity index (χ0v) is 15.5. The molecule has 2 fully saturated rings. The Morgan fingerprint density at radius 1 is 1.04 bits per heavy atom. The summed E-state index contributed by atoms with van der Waals surface area (Å²) in [6.45, 7) is 1.76. The van der Waals surface area contributed by atoms with Crippen molar-refractivity contribution in [3.63, 3.8) is 0 Å². The molecule has 3 heteroatoms. The lowest BCUT2D eigenvalue weighted by Crippen LogP contribution is -2.44. The summed E-state index contributed by atoms with van der Waals surface area (Å²) in [6, 6.07) is 18.7. The number of benzene rings is 2. The number of ether oxygens (including phenoxy) is 1. The first kappa shape index (κ1) is 17.1. The van der Waals surface area contributed by atoms with Gasteiger partial charge in [-0.25, -0.2) is 0 Å². The van der Waals surface area contributed by atoms with Crippen molar-refractivity contribution < 1.29 is 9.53 Å². The van der Waals surface area contributed by atoms with Crippen LogP contribution in [-0.2, 0) is 16.6 Å². The molecular weight excluding hydrogens is 322 g/mol. The second kappa shape index (κ2) is 7.14. The van der Waals surface area contributed by atoms with E-state index < -0.39 is 0 Å². The maximum Gasteiger partial charge on any atom is 0.233 e. The molecule has 1 aliphatic carbocycles.